The fourth-order valence-corrected chi connectivity index (χ4v) is 3.21. The van der Waals surface area contributed by atoms with E-state index in [0.717, 1.165) is 19.3 Å². The lowest BCUT2D eigenvalue weighted by atomic mass is 9.92. The van der Waals surface area contributed by atoms with Gasteiger partial charge in [-0.1, -0.05) is 13.3 Å². The number of halogens is 1. The Balaban J connectivity index is 0.00000312. The molecule has 3 N–H and O–H groups in total. The molecule has 1 unspecified atom stereocenters. The number of piperidine rings is 1. The van der Waals surface area contributed by atoms with E-state index in [9.17, 15) is 9.59 Å². The van der Waals surface area contributed by atoms with Crippen LogP contribution in [-0.2, 0) is 11.8 Å². The van der Waals surface area contributed by atoms with Crippen molar-refractivity contribution in [3.63, 3.8) is 0 Å². The van der Waals surface area contributed by atoms with Crippen LogP contribution in [0.2, 0.25) is 0 Å². The highest BCUT2D eigenvalue weighted by molar-refractivity contribution is 5.93. The van der Waals surface area contributed by atoms with Gasteiger partial charge in [-0.3, -0.25) is 14.3 Å². The van der Waals surface area contributed by atoms with Gasteiger partial charge >= 0.3 is 0 Å². The van der Waals surface area contributed by atoms with E-state index in [0.29, 0.717) is 37.5 Å². The summed E-state index contributed by atoms with van der Waals surface area (Å²) in [7, 11) is 1.78. The second kappa shape index (κ2) is 9.20. The van der Waals surface area contributed by atoms with Gasteiger partial charge in [0.15, 0.2) is 0 Å². The number of nitrogens with zero attached hydrogens (tertiary/aromatic N) is 3. The molecule has 1 atom stereocenters. The Morgan fingerprint density at radius 2 is 2.04 bits per heavy atom. The second-order valence-corrected chi connectivity index (χ2v) is 7.02. The summed E-state index contributed by atoms with van der Waals surface area (Å²) in [4.78, 5) is 26.4. The number of nitrogens with two attached hydrogens (primary N) is 1. The first-order valence-corrected chi connectivity index (χ1v) is 8.68. The van der Waals surface area contributed by atoms with Crippen LogP contribution in [0.4, 0.5) is 0 Å². The minimum absolute atomic E-state index is 0. The number of carbonyl (C=O) groups excluding carboxylic acids is 2. The van der Waals surface area contributed by atoms with Gasteiger partial charge in [-0.2, -0.15) is 5.10 Å². The molecule has 1 aromatic heterocycles. The van der Waals surface area contributed by atoms with Crippen molar-refractivity contribution in [1.82, 2.24) is 20.0 Å². The van der Waals surface area contributed by atoms with Crippen LogP contribution in [-0.4, -0.2) is 51.7 Å². The Kier molecular flexibility index (Phi) is 7.89. The summed E-state index contributed by atoms with van der Waals surface area (Å²) in [6, 6.07) is 0. The molecular weight excluding hydrogens is 342 g/mol. The minimum Gasteiger partial charge on any atom is -0.352 e. The maximum atomic E-state index is 12.5. The van der Waals surface area contributed by atoms with E-state index in [1.165, 1.54) is 0 Å². The predicted octanol–water partition coefficient (Wildman–Crippen LogP) is 1.33. The first kappa shape index (κ1) is 21.4. The van der Waals surface area contributed by atoms with Gasteiger partial charge in [0.2, 0.25) is 5.91 Å². The van der Waals surface area contributed by atoms with Crippen LogP contribution in [0.1, 0.15) is 49.9 Å². The van der Waals surface area contributed by atoms with Crippen LogP contribution in [0.3, 0.4) is 0 Å². The monoisotopic (exact) mass is 371 g/mol. The molecule has 1 aliphatic heterocycles. The minimum atomic E-state index is -0.768. The van der Waals surface area contributed by atoms with E-state index >= 15 is 0 Å². The van der Waals surface area contributed by atoms with Crippen LogP contribution < -0.4 is 11.1 Å². The summed E-state index contributed by atoms with van der Waals surface area (Å²) in [5.41, 5.74) is 5.95. The van der Waals surface area contributed by atoms with Crippen molar-refractivity contribution in [2.45, 2.75) is 45.1 Å². The summed E-state index contributed by atoms with van der Waals surface area (Å²) >= 11 is 0. The van der Waals surface area contributed by atoms with Crippen molar-refractivity contribution >= 4 is 24.2 Å². The zero-order valence-corrected chi connectivity index (χ0v) is 16.1. The molecule has 7 nitrogen and oxygen atoms in total. The number of carbonyl (C=O) groups is 2. The second-order valence-electron chi connectivity index (χ2n) is 7.02. The standard InChI is InChI=1S/C17H29N5O2.ClH/c1-4-7-17(2,18)16(24)22-8-5-13(6-9-22)10-19-15(23)14-11-20-21(3)12-14;/h11-13H,4-10,18H2,1-3H3,(H,19,23);1H. The SMILES string of the molecule is CCCC(C)(N)C(=O)N1CCC(CNC(=O)c2cnn(C)c2)CC1.Cl. The predicted molar refractivity (Wildman–Crippen MR) is 99.6 cm³/mol. The third-order valence-electron chi connectivity index (χ3n) is 4.68. The summed E-state index contributed by atoms with van der Waals surface area (Å²) in [5.74, 6) is 0.339. The van der Waals surface area contributed by atoms with Crippen LogP contribution in [0.15, 0.2) is 12.4 Å². The van der Waals surface area contributed by atoms with E-state index in [4.69, 9.17) is 5.73 Å². The van der Waals surface area contributed by atoms with Crippen molar-refractivity contribution in [2.75, 3.05) is 19.6 Å². The highest BCUT2D eigenvalue weighted by Gasteiger charge is 2.33. The molecule has 2 rings (SSSR count). The summed E-state index contributed by atoms with van der Waals surface area (Å²) in [6.45, 7) is 5.91. The van der Waals surface area contributed by atoms with Gasteiger partial charge in [0, 0.05) is 32.9 Å². The van der Waals surface area contributed by atoms with Crippen molar-refractivity contribution in [3.05, 3.63) is 18.0 Å². The molecule has 1 aliphatic rings. The molecule has 0 aliphatic carbocycles. The van der Waals surface area contributed by atoms with Gasteiger partial charge in [-0.05, 0) is 32.1 Å². The van der Waals surface area contributed by atoms with Crippen molar-refractivity contribution < 1.29 is 9.59 Å². The van der Waals surface area contributed by atoms with Crippen LogP contribution in [0.25, 0.3) is 0 Å². The molecular formula is C17H30ClN5O2. The number of aryl methyl sites for hydroxylation is 1. The van der Waals surface area contributed by atoms with Crippen molar-refractivity contribution in [2.24, 2.45) is 18.7 Å². The summed E-state index contributed by atoms with van der Waals surface area (Å²) in [5, 5.41) is 6.96. The lowest BCUT2D eigenvalue weighted by Crippen LogP contribution is -2.55. The number of hydrogen-bond donors (Lipinski definition) is 2. The average Bonchev–Trinajstić information content (AvgIpc) is 2.99. The Morgan fingerprint density at radius 1 is 1.40 bits per heavy atom. The normalized spacial score (nSPS) is 17.5. The Morgan fingerprint density at radius 3 is 2.56 bits per heavy atom. The molecule has 0 saturated carbocycles. The van der Waals surface area contributed by atoms with Gasteiger partial charge < -0.3 is 16.0 Å². The van der Waals surface area contributed by atoms with Gasteiger partial charge in [0.05, 0.1) is 17.3 Å². The molecule has 0 spiro atoms. The largest absolute Gasteiger partial charge is 0.352 e. The summed E-state index contributed by atoms with van der Waals surface area (Å²) < 4.78 is 1.61. The molecule has 0 bridgehead atoms. The third kappa shape index (κ3) is 5.71. The van der Waals surface area contributed by atoms with Crippen molar-refractivity contribution in [1.29, 1.82) is 0 Å². The van der Waals surface area contributed by atoms with E-state index in [1.54, 1.807) is 24.1 Å². The molecule has 0 aromatic carbocycles. The fraction of sp³-hybridized carbons (Fsp3) is 0.706. The first-order valence-electron chi connectivity index (χ1n) is 8.68. The lowest BCUT2D eigenvalue weighted by molar-refractivity contribution is -0.138. The summed E-state index contributed by atoms with van der Waals surface area (Å²) in [6.07, 6.45) is 6.64. The maximum Gasteiger partial charge on any atom is 0.254 e. The number of rotatable bonds is 6. The average molecular weight is 372 g/mol. The Hall–Kier alpha value is -1.60. The van der Waals surface area contributed by atoms with Gasteiger partial charge in [0.25, 0.3) is 5.91 Å². The molecule has 2 amide bonds. The topological polar surface area (TPSA) is 93.2 Å². The quantitative estimate of drug-likeness (QED) is 0.788. The maximum absolute atomic E-state index is 12.5. The van der Waals surface area contributed by atoms with Crippen molar-refractivity contribution in [3.8, 4) is 0 Å². The number of likely N-dealkylation sites (tertiary alicyclic amines) is 1. The fourth-order valence-electron chi connectivity index (χ4n) is 3.21. The number of aromatic nitrogens is 2. The molecule has 1 aromatic rings. The van der Waals surface area contributed by atoms with Gasteiger partial charge in [0.1, 0.15) is 0 Å². The molecule has 142 valence electrons. The van der Waals surface area contributed by atoms with E-state index < -0.39 is 5.54 Å². The van der Waals surface area contributed by atoms with Crippen LogP contribution in [0, 0.1) is 5.92 Å². The number of hydrogen-bond acceptors (Lipinski definition) is 4. The van der Waals surface area contributed by atoms with E-state index in [2.05, 4.69) is 10.4 Å². The van der Waals surface area contributed by atoms with Crippen LogP contribution >= 0.6 is 12.4 Å². The van der Waals surface area contributed by atoms with Crippen LogP contribution in [0.5, 0.6) is 0 Å². The molecule has 1 fully saturated rings. The van der Waals surface area contributed by atoms with Gasteiger partial charge in [-0.15, -0.1) is 12.4 Å². The molecule has 8 heteroatoms. The molecule has 1 saturated heterocycles. The zero-order valence-electron chi connectivity index (χ0n) is 15.3. The number of nitrogens with one attached hydrogen (secondary N) is 1. The molecule has 2 heterocycles. The third-order valence-corrected chi connectivity index (χ3v) is 4.68. The van der Waals surface area contributed by atoms with E-state index in [1.807, 2.05) is 18.7 Å². The smallest absolute Gasteiger partial charge is 0.254 e. The first-order chi connectivity index (χ1) is 11.3. The zero-order chi connectivity index (χ0) is 17.7. The molecule has 0 radical (unpaired) electrons. The number of amides is 2. The molecule has 25 heavy (non-hydrogen) atoms. The van der Waals surface area contributed by atoms with E-state index in [-0.39, 0.29) is 24.2 Å². The Labute approximate surface area is 155 Å². The van der Waals surface area contributed by atoms with Gasteiger partial charge in [-0.25, -0.2) is 0 Å². The highest BCUT2D eigenvalue weighted by Crippen LogP contribution is 2.20. The lowest BCUT2D eigenvalue weighted by Gasteiger charge is -2.36. The highest BCUT2D eigenvalue weighted by atomic mass is 35.5. The Bertz CT molecular complexity index is 579.